The minimum atomic E-state index is -0.409. The van der Waals surface area contributed by atoms with E-state index in [4.69, 9.17) is 23.2 Å². The number of hydrogen-bond acceptors (Lipinski definition) is 4. The van der Waals surface area contributed by atoms with Crippen molar-refractivity contribution in [3.63, 3.8) is 0 Å². The van der Waals surface area contributed by atoms with Crippen molar-refractivity contribution in [1.29, 1.82) is 0 Å². The lowest BCUT2D eigenvalue weighted by molar-refractivity contribution is -0.115. The number of anilines is 1. The molecule has 0 saturated carbocycles. The van der Waals surface area contributed by atoms with E-state index in [2.05, 4.69) is 25.4 Å². The topological polar surface area (TPSA) is 88.9 Å². The molecule has 0 unspecified atom stereocenters. The van der Waals surface area contributed by atoms with Gasteiger partial charge in [-0.2, -0.15) is 0 Å². The zero-order chi connectivity index (χ0) is 21.8. The van der Waals surface area contributed by atoms with Crippen LogP contribution < -0.4 is 10.6 Å². The average molecular weight is 458 g/mol. The van der Waals surface area contributed by atoms with Gasteiger partial charge in [0.2, 0.25) is 5.91 Å². The second-order valence-electron chi connectivity index (χ2n) is 7.34. The molecule has 4 rings (SSSR count). The van der Waals surface area contributed by atoms with Crippen molar-refractivity contribution < 1.29 is 9.59 Å². The second-order valence-corrected chi connectivity index (χ2v) is 8.16. The minimum Gasteiger partial charge on any atom is -0.343 e. The zero-order valence-electron chi connectivity index (χ0n) is 16.7. The molecular formula is C22H21Cl2N5O2. The highest BCUT2D eigenvalue weighted by atomic mass is 35.5. The summed E-state index contributed by atoms with van der Waals surface area (Å²) in [4.78, 5) is 24.6. The van der Waals surface area contributed by atoms with Crippen molar-refractivity contribution >= 4 is 40.7 Å². The molecule has 7 nitrogen and oxygen atoms in total. The van der Waals surface area contributed by atoms with Crippen LogP contribution in [0.5, 0.6) is 0 Å². The largest absolute Gasteiger partial charge is 0.343 e. The summed E-state index contributed by atoms with van der Waals surface area (Å²) < 4.78 is 2.16. The maximum Gasteiger partial charge on any atom is 0.251 e. The van der Waals surface area contributed by atoms with Gasteiger partial charge in [-0.15, -0.1) is 10.2 Å². The molecule has 2 aromatic carbocycles. The number of aromatic nitrogens is 3. The Labute approximate surface area is 189 Å². The first-order valence-electron chi connectivity index (χ1n) is 10.1. The molecule has 2 N–H and O–H groups in total. The number of hydrogen-bond donors (Lipinski definition) is 2. The van der Waals surface area contributed by atoms with Crippen molar-refractivity contribution in [3.8, 4) is 11.4 Å². The third-order valence-electron chi connectivity index (χ3n) is 5.11. The summed E-state index contributed by atoms with van der Waals surface area (Å²) in [6.07, 6.45) is 4.35. The van der Waals surface area contributed by atoms with E-state index in [-0.39, 0.29) is 17.5 Å². The van der Waals surface area contributed by atoms with Gasteiger partial charge in [0.1, 0.15) is 5.82 Å². The van der Waals surface area contributed by atoms with Crippen molar-refractivity contribution in [3.05, 3.63) is 63.9 Å². The molecule has 2 amide bonds. The first-order chi connectivity index (χ1) is 15.0. The maximum atomic E-state index is 12.3. The predicted octanol–water partition coefficient (Wildman–Crippen LogP) is 4.35. The molecule has 1 aromatic heterocycles. The molecule has 0 saturated heterocycles. The molecule has 31 heavy (non-hydrogen) atoms. The molecule has 3 aromatic rings. The number of nitrogens with one attached hydrogen (secondary N) is 2. The van der Waals surface area contributed by atoms with Gasteiger partial charge in [0.15, 0.2) is 5.82 Å². The van der Waals surface area contributed by atoms with E-state index in [9.17, 15) is 9.59 Å². The first kappa shape index (κ1) is 21.3. The fourth-order valence-corrected chi connectivity index (χ4v) is 3.84. The van der Waals surface area contributed by atoms with Crippen LogP contribution in [0.1, 0.15) is 35.4 Å². The number of aryl methyl sites for hydroxylation is 1. The van der Waals surface area contributed by atoms with E-state index in [0.29, 0.717) is 16.3 Å². The van der Waals surface area contributed by atoms with E-state index in [1.165, 1.54) is 18.6 Å². The molecule has 2 heterocycles. The molecule has 0 spiro atoms. The fraction of sp³-hybridized carbons (Fsp3) is 0.273. The molecule has 0 bridgehead atoms. The zero-order valence-corrected chi connectivity index (χ0v) is 18.2. The maximum absolute atomic E-state index is 12.3. The Morgan fingerprint density at radius 2 is 1.87 bits per heavy atom. The van der Waals surface area contributed by atoms with Crippen molar-refractivity contribution in [1.82, 2.24) is 20.1 Å². The Bertz CT molecular complexity index is 1130. The van der Waals surface area contributed by atoms with E-state index in [1.54, 1.807) is 12.1 Å². The Balaban J connectivity index is 1.40. The number of carbonyl (C=O) groups excluding carboxylic acids is 2. The SMILES string of the molecule is O=C(CNC(=O)c1ccc(Cl)c(Cl)c1)Nc1cccc(-c2nnc3n2CCCCC3)c1. The van der Waals surface area contributed by atoms with Crippen LogP contribution in [0.15, 0.2) is 42.5 Å². The number of carbonyl (C=O) groups is 2. The molecule has 1 aliphatic rings. The van der Waals surface area contributed by atoms with Crippen LogP contribution in [0, 0.1) is 0 Å². The number of nitrogens with zero attached hydrogens (tertiary/aromatic N) is 3. The van der Waals surface area contributed by atoms with Gasteiger partial charge in [0, 0.05) is 29.8 Å². The third kappa shape index (κ3) is 5.06. The molecule has 0 radical (unpaired) electrons. The standard InChI is InChI=1S/C22H21Cl2N5O2/c23-17-9-8-15(12-18(17)24)22(31)25-13-20(30)26-16-6-4-5-14(11-16)21-28-27-19-7-2-1-3-10-29(19)21/h4-6,8-9,11-12H,1-3,7,10,13H2,(H,25,31)(H,26,30). The van der Waals surface area contributed by atoms with E-state index in [1.807, 2.05) is 18.2 Å². The van der Waals surface area contributed by atoms with Gasteiger partial charge in [-0.1, -0.05) is 41.8 Å². The molecule has 1 aliphatic heterocycles. The second kappa shape index (κ2) is 9.49. The molecular weight excluding hydrogens is 437 g/mol. The quantitative estimate of drug-likeness (QED) is 0.595. The van der Waals surface area contributed by atoms with Crippen LogP contribution in [0.2, 0.25) is 10.0 Å². The lowest BCUT2D eigenvalue weighted by Gasteiger charge is -2.10. The summed E-state index contributed by atoms with van der Waals surface area (Å²) in [7, 11) is 0. The summed E-state index contributed by atoms with van der Waals surface area (Å²) in [6, 6.07) is 12.0. The van der Waals surface area contributed by atoms with Gasteiger partial charge in [0.05, 0.1) is 16.6 Å². The molecule has 0 atom stereocenters. The van der Waals surface area contributed by atoms with Crippen LogP contribution in [0.25, 0.3) is 11.4 Å². The highest BCUT2D eigenvalue weighted by Crippen LogP contribution is 2.25. The van der Waals surface area contributed by atoms with Crippen molar-refractivity contribution in [2.45, 2.75) is 32.2 Å². The Morgan fingerprint density at radius 1 is 1.00 bits per heavy atom. The number of rotatable bonds is 5. The van der Waals surface area contributed by atoms with Crippen molar-refractivity contribution in [2.24, 2.45) is 0 Å². The number of benzene rings is 2. The van der Waals surface area contributed by atoms with Crippen LogP contribution in [0.3, 0.4) is 0 Å². The first-order valence-corrected chi connectivity index (χ1v) is 10.8. The Kier molecular flexibility index (Phi) is 6.53. The summed E-state index contributed by atoms with van der Waals surface area (Å²) in [6.45, 7) is 0.721. The monoisotopic (exact) mass is 457 g/mol. The molecule has 0 aliphatic carbocycles. The Hall–Kier alpha value is -2.90. The predicted molar refractivity (Wildman–Crippen MR) is 120 cm³/mol. The van der Waals surface area contributed by atoms with E-state index in [0.717, 1.165) is 43.0 Å². The summed E-state index contributed by atoms with van der Waals surface area (Å²) >= 11 is 11.8. The van der Waals surface area contributed by atoms with Crippen LogP contribution >= 0.6 is 23.2 Å². The summed E-state index contributed by atoms with van der Waals surface area (Å²) in [5.41, 5.74) is 1.84. The molecule has 9 heteroatoms. The van der Waals surface area contributed by atoms with Crippen molar-refractivity contribution in [2.75, 3.05) is 11.9 Å². The average Bonchev–Trinajstić information content (AvgIpc) is 3.02. The lowest BCUT2D eigenvalue weighted by atomic mass is 10.2. The van der Waals surface area contributed by atoms with E-state index >= 15 is 0 Å². The lowest BCUT2D eigenvalue weighted by Crippen LogP contribution is -2.32. The van der Waals surface area contributed by atoms with E-state index < -0.39 is 5.91 Å². The van der Waals surface area contributed by atoms with Gasteiger partial charge in [-0.3, -0.25) is 9.59 Å². The number of halogens is 2. The fourth-order valence-electron chi connectivity index (χ4n) is 3.54. The van der Waals surface area contributed by atoms with Gasteiger partial charge < -0.3 is 15.2 Å². The highest BCUT2D eigenvalue weighted by molar-refractivity contribution is 6.42. The van der Waals surface area contributed by atoms with Gasteiger partial charge in [-0.05, 0) is 43.2 Å². The van der Waals surface area contributed by atoms with Gasteiger partial charge >= 0.3 is 0 Å². The Morgan fingerprint density at radius 3 is 2.71 bits per heavy atom. The smallest absolute Gasteiger partial charge is 0.251 e. The summed E-state index contributed by atoms with van der Waals surface area (Å²) in [5, 5.41) is 14.7. The highest BCUT2D eigenvalue weighted by Gasteiger charge is 2.16. The molecule has 0 fully saturated rings. The molecule has 160 valence electrons. The van der Waals surface area contributed by atoms with Gasteiger partial charge in [0.25, 0.3) is 5.91 Å². The normalized spacial score (nSPS) is 13.2. The number of amides is 2. The van der Waals surface area contributed by atoms with Crippen LogP contribution in [-0.4, -0.2) is 33.1 Å². The van der Waals surface area contributed by atoms with Crippen LogP contribution in [0.4, 0.5) is 5.69 Å². The van der Waals surface area contributed by atoms with Crippen LogP contribution in [-0.2, 0) is 17.8 Å². The number of fused-ring (bicyclic) bond motifs is 1. The van der Waals surface area contributed by atoms with Gasteiger partial charge in [-0.25, -0.2) is 0 Å². The third-order valence-corrected chi connectivity index (χ3v) is 5.84. The summed E-state index contributed by atoms with van der Waals surface area (Å²) in [5.74, 6) is 1.06. The minimum absolute atomic E-state index is 0.177.